The molecule has 1 unspecified atom stereocenters. The van der Waals surface area contributed by atoms with E-state index in [9.17, 15) is 0 Å². The summed E-state index contributed by atoms with van der Waals surface area (Å²) in [5.41, 5.74) is 5.94. The van der Waals surface area contributed by atoms with Gasteiger partial charge in [-0.25, -0.2) is 0 Å². The zero-order valence-electron chi connectivity index (χ0n) is 8.71. The standard InChI is InChI=1S/C11H22N2/c1-4-7-11(12)10-13(8-5-2)9-6-3/h5-6,11H,2-4,7-10,12H2,1H3. The maximum absolute atomic E-state index is 5.94. The minimum atomic E-state index is 0.282. The van der Waals surface area contributed by atoms with Crippen LogP contribution in [0.3, 0.4) is 0 Å². The first-order valence-corrected chi connectivity index (χ1v) is 4.94. The molecule has 0 aromatic carbocycles. The molecule has 0 bridgehead atoms. The van der Waals surface area contributed by atoms with Gasteiger partial charge >= 0.3 is 0 Å². The van der Waals surface area contributed by atoms with E-state index < -0.39 is 0 Å². The van der Waals surface area contributed by atoms with Gasteiger partial charge in [-0.1, -0.05) is 25.5 Å². The van der Waals surface area contributed by atoms with Crippen LogP contribution in [0.5, 0.6) is 0 Å². The molecule has 2 nitrogen and oxygen atoms in total. The van der Waals surface area contributed by atoms with Crippen molar-refractivity contribution >= 4 is 0 Å². The van der Waals surface area contributed by atoms with Crippen LogP contribution in [0.4, 0.5) is 0 Å². The second kappa shape index (κ2) is 8.02. The fourth-order valence-corrected chi connectivity index (χ4v) is 1.38. The Morgan fingerprint density at radius 2 is 1.85 bits per heavy atom. The van der Waals surface area contributed by atoms with Gasteiger partial charge in [0.1, 0.15) is 0 Å². The van der Waals surface area contributed by atoms with Crippen LogP contribution in [0.2, 0.25) is 0 Å². The molecule has 0 saturated heterocycles. The second-order valence-corrected chi connectivity index (χ2v) is 3.34. The Balaban J connectivity index is 3.77. The first-order valence-electron chi connectivity index (χ1n) is 4.94. The third-order valence-corrected chi connectivity index (χ3v) is 1.93. The molecule has 2 heteroatoms. The lowest BCUT2D eigenvalue weighted by molar-refractivity contribution is 0.304. The van der Waals surface area contributed by atoms with Crippen molar-refractivity contribution in [3.63, 3.8) is 0 Å². The zero-order valence-corrected chi connectivity index (χ0v) is 8.71. The molecule has 0 aliphatic heterocycles. The molecule has 2 N–H and O–H groups in total. The third kappa shape index (κ3) is 6.55. The molecule has 76 valence electrons. The van der Waals surface area contributed by atoms with Gasteiger partial charge in [0.25, 0.3) is 0 Å². The van der Waals surface area contributed by atoms with Crippen molar-refractivity contribution in [2.24, 2.45) is 5.73 Å². The number of hydrogen-bond acceptors (Lipinski definition) is 2. The predicted octanol–water partition coefficient (Wildman–Crippen LogP) is 1.79. The van der Waals surface area contributed by atoms with Gasteiger partial charge in [-0.2, -0.15) is 0 Å². The molecule has 0 aromatic heterocycles. The topological polar surface area (TPSA) is 29.3 Å². The minimum Gasteiger partial charge on any atom is -0.327 e. The lowest BCUT2D eigenvalue weighted by Crippen LogP contribution is -2.37. The van der Waals surface area contributed by atoms with Crippen LogP contribution in [0.1, 0.15) is 19.8 Å². The van der Waals surface area contributed by atoms with E-state index in [1.54, 1.807) is 0 Å². The molecule has 0 saturated carbocycles. The minimum absolute atomic E-state index is 0.282. The highest BCUT2D eigenvalue weighted by atomic mass is 15.1. The number of rotatable bonds is 8. The lowest BCUT2D eigenvalue weighted by Gasteiger charge is -2.22. The summed E-state index contributed by atoms with van der Waals surface area (Å²) < 4.78 is 0. The molecule has 0 radical (unpaired) electrons. The molecule has 0 amide bonds. The van der Waals surface area contributed by atoms with Crippen LogP contribution in [-0.4, -0.2) is 30.6 Å². The molecular formula is C11H22N2. The summed E-state index contributed by atoms with van der Waals surface area (Å²) in [6.07, 6.45) is 6.05. The Morgan fingerprint density at radius 3 is 2.23 bits per heavy atom. The molecule has 13 heavy (non-hydrogen) atoms. The third-order valence-electron chi connectivity index (χ3n) is 1.93. The smallest absolute Gasteiger partial charge is 0.0167 e. The first kappa shape index (κ1) is 12.4. The van der Waals surface area contributed by atoms with E-state index in [0.717, 1.165) is 32.5 Å². The van der Waals surface area contributed by atoms with Crippen LogP contribution in [0, 0.1) is 0 Å². The van der Waals surface area contributed by atoms with Gasteiger partial charge in [-0.05, 0) is 6.42 Å². The van der Waals surface area contributed by atoms with Crippen molar-refractivity contribution in [2.45, 2.75) is 25.8 Å². The van der Waals surface area contributed by atoms with E-state index in [-0.39, 0.29) is 6.04 Å². The molecule has 0 fully saturated rings. The highest BCUT2D eigenvalue weighted by Gasteiger charge is 2.06. The summed E-state index contributed by atoms with van der Waals surface area (Å²) in [4.78, 5) is 2.25. The molecule has 0 aromatic rings. The molecule has 0 aliphatic carbocycles. The maximum atomic E-state index is 5.94. The lowest BCUT2D eigenvalue weighted by atomic mass is 10.1. The Morgan fingerprint density at radius 1 is 1.31 bits per heavy atom. The summed E-state index contributed by atoms with van der Waals surface area (Å²) in [5, 5.41) is 0. The molecule has 0 spiro atoms. The van der Waals surface area contributed by atoms with Crippen LogP contribution in [0.15, 0.2) is 25.3 Å². The van der Waals surface area contributed by atoms with Gasteiger partial charge in [0, 0.05) is 25.7 Å². The largest absolute Gasteiger partial charge is 0.327 e. The van der Waals surface area contributed by atoms with Crippen molar-refractivity contribution in [1.29, 1.82) is 0 Å². The van der Waals surface area contributed by atoms with Crippen LogP contribution in [-0.2, 0) is 0 Å². The Bertz CT molecular complexity index is 133. The van der Waals surface area contributed by atoms with Crippen molar-refractivity contribution in [2.75, 3.05) is 19.6 Å². The fourth-order valence-electron chi connectivity index (χ4n) is 1.38. The Kier molecular flexibility index (Phi) is 7.65. The van der Waals surface area contributed by atoms with E-state index in [4.69, 9.17) is 5.73 Å². The predicted molar refractivity (Wildman–Crippen MR) is 59.7 cm³/mol. The average Bonchev–Trinajstić information content (AvgIpc) is 2.05. The average molecular weight is 182 g/mol. The number of nitrogens with zero attached hydrogens (tertiary/aromatic N) is 1. The van der Waals surface area contributed by atoms with Gasteiger partial charge in [-0.15, -0.1) is 13.2 Å². The van der Waals surface area contributed by atoms with Gasteiger partial charge in [0.15, 0.2) is 0 Å². The van der Waals surface area contributed by atoms with Gasteiger partial charge in [0.05, 0.1) is 0 Å². The number of nitrogens with two attached hydrogens (primary N) is 1. The van der Waals surface area contributed by atoms with Crippen LogP contribution < -0.4 is 5.73 Å². The summed E-state index contributed by atoms with van der Waals surface area (Å²) >= 11 is 0. The molecule has 0 aliphatic rings. The van der Waals surface area contributed by atoms with Crippen molar-refractivity contribution in [3.8, 4) is 0 Å². The van der Waals surface area contributed by atoms with E-state index in [1.165, 1.54) is 0 Å². The maximum Gasteiger partial charge on any atom is 0.0167 e. The van der Waals surface area contributed by atoms with E-state index in [0.29, 0.717) is 0 Å². The van der Waals surface area contributed by atoms with Gasteiger partial charge in [-0.3, -0.25) is 4.90 Å². The quantitative estimate of drug-likeness (QED) is 0.580. The molecule has 0 heterocycles. The first-order chi connectivity index (χ1) is 6.24. The Hall–Kier alpha value is -0.600. The zero-order chi connectivity index (χ0) is 10.1. The highest BCUT2D eigenvalue weighted by molar-refractivity contribution is 4.81. The van der Waals surface area contributed by atoms with E-state index in [2.05, 4.69) is 25.0 Å². The normalized spacial score (nSPS) is 12.8. The van der Waals surface area contributed by atoms with Crippen LogP contribution >= 0.6 is 0 Å². The van der Waals surface area contributed by atoms with E-state index in [1.807, 2.05) is 12.2 Å². The monoisotopic (exact) mass is 182 g/mol. The van der Waals surface area contributed by atoms with Crippen molar-refractivity contribution < 1.29 is 0 Å². The van der Waals surface area contributed by atoms with Crippen LogP contribution in [0.25, 0.3) is 0 Å². The van der Waals surface area contributed by atoms with Crippen molar-refractivity contribution in [3.05, 3.63) is 25.3 Å². The second-order valence-electron chi connectivity index (χ2n) is 3.34. The fraction of sp³-hybridized carbons (Fsp3) is 0.636. The Labute approximate surface area is 82.1 Å². The molecular weight excluding hydrogens is 160 g/mol. The summed E-state index contributed by atoms with van der Waals surface area (Å²) in [7, 11) is 0. The van der Waals surface area contributed by atoms with Crippen molar-refractivity contribution in [1.82, 2.24) is 4.90 Å². The summed E-state index contributed by atoms with van der Waals surface area (Å²) in [6, 6.07) is 0.282. The van der Waals surface area contributed by atoms with Gasteiger partial charge < -0.3 is 5.73 Å². The summed E-state index contributed by atoms with van der Waals surface area (Å²) in [6.45, 7) is 12.3. The number of hydrogen-bond donors (Lipinski definition) is 1. The van der Waals surface area contributed by atoms with Gasteiger partial charge in [0.2, 0.25) is 0 Å². The SMILES string of the molecule is C=CCN(CC=C)CC(N)CCC. The highest BCUT2D eigenvalue weighted by Crippen LogP contribution is 1.98. The van der Waals surface area contributed by atoms with E-state index >= 15 is 0 Å². The summed E-state index contributed by atoms with van der Waals surface area (Å²) in [5.74, 6) is 0. The molecule has 0 rings (SSSR count). The molecule has 1 atom stereocenters.